The van der Waals surface area contributed by atoms with Crippen molar-refractivity contribution in [1.29, 1.82) is 0 Å². The number of amides is 2. The topological polar surface area (TPSA) is 82.1 Å². The fourth-order valence-corrected chi connectivity index (χ4v) is 4.97. The van der Waals surface area contributed by atoms with Crippen LogP contribution in [0.5, 0.6) is 11.5 Å². The van der Waals surface area contributed by atoms with E-state index in [1.807, 2.05) is 49.4 Å². The molecule has 0 bridgehead atoms. The Balaban J connectivity index is 1.56. The Morgan fingerprint density at radius 1 is 1.08 bits per heavy atom. The third-order valence-electron chi connectivity index (χ3n) is 5.41. The van der Waals surface area contributed by atoms with Gasteiger partial charge in [-0.1, -0.05) is 54.1 Å². The summed E-state index contributed by atoms with van der Waals surface area (Å²) in [6, 6.07) is 17.4. The smallest absolute Gasteiger partial charge is 0.326 e. The van der Waals surface area contributed by atoms with Crippen LogP contribution in [0.25, 0.3) is 16.8 Å². The summed E-state index contributed by atoms with van der Waals surface area (Å²) >= 11 is 7.34. The molecule has 37 heavy (non-hydrogen) atoms. The second-order valence-electron chi connectivity index (χ2n) is 8.50. The molecule has 1 aliphatic heterocycles. The Kier molecular flexibility index (Phi) is 8.41. The molecule has 0 spiro atoms. The first-order valence-electron chi connectivity index (χ1n) is 11.8. The Labute approximate surface area is 224 Å². The van der Waals surface area contributed by atoms with E-state index in [1.54, 1.807) is 32.1 Å². The van der Waals surface area contributed by atoms with Crippen LogP contribution >= 0.6 is 23.4 Å². The molecule has 3 aromatic carbocycles. The molecule has 4 rings (SSSR count). The van der Waals surface area contributed by atoms with Gasteiger partial charge in [0.2, 0.25) is 0 Å². The van der Waals surface area contributed by atoms with E-state index in [0.29, 0.717) is 28.7 Å². The number of carbonyl (C=O) groups excluding carboxylic acids is 3. The molecule has 0 radical (unpaired) electrons. The number of nitrogens with zero attached hydrogens (tertiary/aromatic N) is 1. The molecule has 2 amide bonds. The van der Waals surface area contributed by atoms with Gasteiger partial charge in [-0.25, -0.2) is 0 Å². The Hall–Kier alpha value is -3.49. The number of esters is 1. The molecule has 1 aliphatic rings. The van der Waals surface area contributed by atoms with Gasteiger partial charge in [0.05, 0.1) is 22.6 Å². The van der Waals surface area contributed by atoms with Gasteiger partial charge in [0, 0.05) is 0 Å². The Bertz CT molecular complexity index is 1380. The fourth-order valence-electron chi connectivity index (χ4n) is 3.86. The maximum Gasteiger partial charge on any atom is 0.326 e. The first kappa shape index (κ1) is 26.6. The summed E-state index contributed by atoms with van der Waals surface area (Å²) in [5, 5.41) is 1.96. The van der Waals surface area contributed by atoms with E-state index in [4.69, 9.17) is 25.8 Å². The first-order chi connectivity index (χ1) is 17.8. The second-order valence-corrected chi connectivity index (χ2v) is 9.90. The van der Waals surface area contributed by atoms with Crippen molar-refractivity contribution in [3.05, 3.63) is 75.7 Å². The van der Waals surface area contributed by atoms with Crippen molar-refractivity contribution >= 4 is 57.3 Å². The first-order valence-corrected chi connectivity index (χ1v) is 13.0. The van der Waals surface area contributed by atoms with E-state index in [2.05, 4.69) is 0 Å². The number of fused-ring (bicyclic) bond motifs is 1. The largest absolute Gasteiger partial charge is 0.490 e. The van der Waals surface area contributed by atoms with Gasteiger partial charge in [-0.15, -0.1) is 0 Å². The standard InChI is InChI=1S/C28H26ClNO6S/c1-4-34-23-13-18(14-24-27(32)30(28(33)37-24)15-25(31)36-17(2)3)12-22(29)26(23)35-16-20-10-7-9-19-8-5-6-11-21(19)20/h5-14,17H,4,15-16H2,1-3H3/b24-14+. The molecule has 0 aromatic heterocycles. The second kappa shape index (κ2) is 11.7. The predicted molar refractivity (Wildman–Crippen MR) is 145 cm³/mol. The summed E-state index contributed by atoms with van der Waals surface area (Å²) in [7, 11) is 0. The minimum atomic E-state index is -0.645. The van der Waals surface area contributed by atoms with Crippen LogP contribution in [0.4, 0.5) is 4.79 Å². The highest BCUT2D eigenvalue weighted by atomic mass is 35.5. The minimum absolute atomic E-state index is 0.172. The highest BCUT2D eigenvalue weighted by molar-refractivity contribution is 8.18. The molecule has 1 fully saturated rings. The van der Waals surface area contributed by atoms with Crippen molar-refractivity contribution in [2.75, 3.05) is 13.2 Å². The average molecular weight is 540 g/mol. The van der Waals surface area contributed by atoms with Gasteiger partial charge < -0.3 is 14.2 Å². The Morgan fingerprint density at radius 3 is 2.59 bits per heavy atom. The number of imide groups is 1. The van der Waals surface area contributed by atoms with Crippen molar-refractivity contribution in [3.8, 4) is 11.5 Å². The van der Waals surface area contributed by atoms with Gasteiger partial charge >= 0.3 is 5.97 Å². The molecular weight excluding hydrogens is 514 g/mol. The average Bonchev–Trinajstić information content (AvgIpc) is 3.10. The van der Waals surface area contributed by atoms with Crippen LogP contribution in [0.15, 0.2) is 59.5 Å². The minimum Gasteiger partial charge on any atom is -0.490 e. The van der Waals surface area contributed by atoms with Crippen molar-refractivity contribution in [3.63, 3.8) is 0 Å². The zero-order valence-corrected chi connectivity index (χ0v) is 22.2. The molecule has 0 N–H and O–H groups in total. The molecule has 9 heteroatoms. The molecule has 0 unspecified atom stereocenters. The van der Waals surface area contributed by atoms with Crippen LogP contribution in [-0.2, 0) is 20.9 Å². The maximum absolute atomic E-state index is 12.8. The summed E-state index contributed by atoms with van der Waals surface area (Å²) in [4.78, 5) is 38.1. The number of carbonyl (C=O) groups is 3. The lowest BCUT2D eigenvalue weighted by atomic mass is 10.1. The zero-order valence-electron chi connectivity index (χ0n) is 20.7. The SMILES string of the molecule is CCOc1cc(/C=C2/SC(=O)N(CC(=O)OC(C)C)C2=O)cc(Cl)c1OCc1cccc2ccccc12. The third-order valence-corrected chi connectivity index (χ3v) is 6.60. The van der Waals surface area contributed by atoms with Gasteiger partial charge in [-0.05, 0) is 72.6 Å². The Morgan fingerprint density at radius 2 is 1.84 bits per heavy atom. The van der Waals surface area contributed by atoms with E-state index in [-0.39, 0.29) is 17.6 Å². The summed E-state index contributed by atoms with van der Waals surface area (Å²) < 4.78 is 16.9. The van der Waals surface area contributed by atoms with Gasteiger partial charge in [-0.2, -0.15) is 0 Å². The third kappa shape index (κ3) is 6.26. The summed E-state index contributed by atoms with van der Waals surface area (Å²) in [6.07, 6.45) is 1.20. The summed E-state index contributed by atoms with van der Waals surface area (Å²) in [5.74, 6) is -0.409. The number of halogens is 1. The lowest BCUT2D eigenvalue weighted by Crippen LogP contribution is -2.35. The molecule has 3 aromatic rings. The number of hydrogen-bond acceptors (Lipinski definition) is 7. The molecule has 0 atom stereocenters. The highest BCUT2D eigenvalue weighted by Crippen LogP contribution is 2.40. The highest BCUT2D eigenvalue weighted by Gasteiger charge is 2.37. The number of rotatable bonds is 9. The van der Waals surface area contributed by atoms with E-state index >= 15 is 0 Å². The molecule has 1 heterocycles. The summed E-state index contributed by atoms with van der Waals surface area (Å²) in [5.41, 5.74) is 1.56. The van der Waals surface area contributed by atoms with Gasteiger partial charge in [0.15, 0.2) is 11.5 Å². The molecule has 192 valence electrons. The lowest BCUT2D eigenvalue weighted by molar-refractivity contribution is -0.149. The lowest BCUT2D eigenvalue weighted by Gasteiger charge is -2.15. The quantitative estimate of drug-likeness (QED) is 0.228. The van der Waals surface area contributed by atoms with Crippen molar-refractivity contribution in [2.45, 2.75) is 33.5 Å². The number of thioether (sulfide) groups is 1. The molecule has 0 saturated carbocycles. The molecule has 0 aliphatic carbocycles. The van der Waals surface area contributed by atoms with E-state index < -0.39 is 23.7 Å². The normalized spacial score (nSPS) is 14.6. The zero-order chi connectivity index (χ0) is 26.5. The molecule has 7 nitrogen and oxygen atoms in total. The van der Waals surface area contributed by atoms with Gasteiger partial charge in [0.1, 0.15) is 13.2 Å². The van der Waals surface area contributed by atoms with Crippen molar-refractivity contribution in [1.82, 2.24) is 4.90 Å². The maximum atomic E-state index is 12.8. The molecular formula is C28H26ClNO6S. The number of benzene rings is 3. The van der Waals surface area contributed by atoms with Crippen LogP contribution in [0, 0.1) is 0 Å². The monoisotopic (exact) mass is 539 g/mol. The van der Waals surface area contributed by atoms with Crippen LogP contribution in [0.2, 0.25) is 5.02 Å². The molecule has 1 saturated heterocycles. The van der Waals surface area contributed by atoms with Crippen LogP contribution < -0.4 is 9.47 Å². The fraction of sp³-hybridized carbons (Fsp3) is 0.250. The predicted octanol–water partition coefficient (Wildman–Crippen LogP) is 6.46. The van der Waals surface area contributed by atoms with Gasteiger partial charge in [0.25, 0.3) is 11.1 Å². The summed E-state index contributed by atoms with van der Waals surface area (Å²) in [6.45, 7) is 5.45. The van der Waals surface area contributed by atoms with Crippen LogP contribution in [0.3, 0.4) is 0 Å². The number of hydrogen-bond donors (Lipinski definition) is 0. The van der Waals surface area contributed by atoms with Gasteiger partial charge in [-0.3, -0.25) is 19.3 Å². The van der Waals surface area contributed by atoms with E-state index in [9.17, 15) is 14.4 Å². The van der Waals surface area contributed by atoms with E-state index in [0.717, 1.165) is 33.0 Å². The van der Waals surface area contributed by atoms with Crippen LogP contribution in [-0.4, -0.2) is 41.3 Å². The number of ether oxygens (including phenoxy) is 3. The van der Waals surface area contributed by atoms with E-state index in [1.165, 1.54) is 0 Å². The van der Waals surface area contributed by atoms with Crippen molar-refractivity contribution < 1.29 is 28.6 Å². The van der Waals surface area contributed by atoms with Crippen molar-refractivity contribution in [2.24, 2.45) is 0 Å². The van der Waals surface area contributed by atoms with Crippen LogP contribution in [0.1, 0.15) is 31.9 Å².